The molecule has 6 N–H and O–H groups in total. The molecule has 9 nitrogen and oxygen atoms in total. The molecule has 0 spiro atoms. The molecule has 7 unspecified atom stereocenters. The zero-order valence-electron chi connectivity index (χ0n) is 46.3. The van der Waals surface area contributed by atoms with E-state index in [1.807, 2.05) is 6.08 Å². The highest BCUT2D eigenvalue weighted by atomic mass is 16.7. The number of ether oxygens (including phenoxy) is 2. The average molecular weight is 995 g/mol. The molecule has 1 fully saturated rings. The van der Waals surface area contributed by atoms with E-state index >= 15 is 0 Å². The van der Waals surface area contributed by atoms with E-state index in [1.165, 1.54) is 257 Å². The Hall–Kier alpha value is -1.07. The van der Waals surface area contributed by atoms with Crippen LogP contribution in [0.25, 0.3) is 0 Å². The minimum absolute atomic E-state index is 0.170. The van der Waals surface area contributed by atoms with Gasteiger partial charge in [-0.15, -0.1) is 0 Å². The first kappa shape index (κ1) is 66.9. The summed E-state index contributed by atoms with van der Waals surface area (Å²) in [5.41, 5.74) is 0. The number of aliphatic hydroxyl groups is 5. The lowest BCUT2D eigenvalue weighted by atomic mass is 9.99. The normalized spacial score (nSPS) is 19.3. The second-order valence-corrected chi connectivity index (χ2v) is 21.9. The lowest BCUT2D eigenvalue weighted by Crippen LogP contribution is -2.60. The Kier molecular flexibility index (Phi) is 49.2. The molecule has 1 amide bonds. The highest BCUT2D eigenvalue weighted by molar-refractivity contribution is 5.76. The van der Waals surface area contributed by atoms with Gasteiger partial charge in [-0.3, -0.25) is 4.79 Å². The molecule has 1 rings (SSSR count). The Bertz CT molecular complexity index is 1110. The van der Waals surface area contributed by atoms with Gasteiger partial charge in [0.2, 0.25) is 5.91 Å². The predicted molar refractivity (Wildman–Crippen MR) is 295 cm³/mol. The second-order valence-electron chi connectivity index (χ2n) is 21.9. The van der Waals surface area contributed by atoms with Crippen molar-refractivity contribution in [3.63, 3.8) is 0 Å². The molecule has 70 heavy (non-hydrogen) atoms. The minimum atomic E-state index is -1.56. The van der Waals surface area contributed by atoms with Gasteiger partial charge in [-0.25, -0.2) is 0 Å². The third-order valence-corrected chi connectivity index (χ3v) is 15.1. The van der Waals surface area contributed by atoms with E-state index in [0.29, 0.717) is 6.42 Å². The summed E-state index contributed by atoms with van der Waals surface area (Å²) in [7, 11) is 0. The minimum Gasteiger partial charge on any atom is -0.394 e. The Morgan fingerprint density at radius 1 is 0.471 bits per heavy atom. The van der Waals surface area contributed by atoms with Gasteiger partial charge in [0.15, 0.2) is 6.29 Å². The Labute approximate surface area is 433 Å². The van der Waals surface area contributed by atoms with Gasteiger partial charge in [-0.1, -0.05) is 302 Å². The van der Waals surface area contributed by atoms with Crippen LogP contribution >= 0.6 is 0 Å². The number of rotatable bonds is 54. The van der Waals surface area contributed by atoms with Crippen molar-refractivity contribution < 1.29 is 39.8 Å². The van der Waals surface area contributed by atoms with Gasteiger partial charge in [-0.2, -0.15) is 0 Å². The predicted octanol–water partition coefficient (Wildman–Crippen LogP) is 15.6. The summed E-state index contributed by atoms with van der Waals surface area (Å²) >= 11 is 0. The van der Waals surface area contributed by atoms with Crippen molar-refractivity contribution in [2.24, 2.45) is 0 Å². The number of hydrogen-bond acceptors (Lipinski definition) is 8. The first-order valence-corrected chi connectivity index (χ1v) is 30.9. The first-order chi connectivity index (χ1) is 34.3. The number of unbranched alkanes of at least 4 members (excludes halogenated alkanes) is 44. The quantitative estimate of drug-likeness (QED) is 0.0261. The summed E-state index contributed by atoms with van der Waals surface area (Å²) in [5, 5.41) is 54.5. The van der Waals surface area contributed by atoms with E-state index in [0.717, 1.165) is 38.5 Å². The topological polar surface area (TPSA) is 149 Å². The molecular weight excluding hydrogens is 875 g/mol. The van der Waals surface area contributed by atoms with Crippen LogP contribution in [0.3, 0.4) is 0 Å². The molecule has 1 heterocycles. The molecule has 1 aliphatic rings. The van der Waals surface area contributed by atoms with E-state index in [4.69, 9.17) is 9.47 Å². The van der Waals surface area contributed by atoms with E-state index in [-0.39, 0.29) is 12.5 Å². The lowest BCUT2D eigenvalue weighted by Gasteiger charge is -2.40. The summed E-state index contributed by atoms with van der Waals surface area (Å²) in [4.78, 5) is 13.1. The van der Waals surface area contributed by atoms with Gasteiger partial charge in [0.1, 0.15) is 24.4 Å². The van der Waals surface area contributed by atoms with E-state index in [1.54, 1.807) is 6.08 Å². The van der Waals surface area contributed by atoms with Gasteiger partial charge in [0.25, 0.3) is 0 Å². The first-order valence-electron chi connectivity index (χ1n) is 30.9. The Balaban J connectivity index is 2.10. The highest BCUT2D eigenvalue weighted by Crippen LogP contribution is 2.23. The molecule has 0 aromatic carbocycles. The van der Waals surface area contributed by atoms with E-state index in [2.05, 4.69) is 19.2 Å². The second kappa shape index (κ2) is 51.4. The zero-order chi connectivity index (χ0) is 50.8. The van der Waals surface area contributed by atoms with Crippen molar-refractivity contribution in [1.29, 1.82) is 0 Å². The summed E-state index contributed by atoms with van der Waals surface area (Å²) in [6, 6.07) is -0.800. The monoisotopic (exact) mass is 994 g/mol. The lowest BCUT2D eigenvalue weighted by molar-refractivity contribution is -0.302. The molecule has 9 heteroatoms. The highest BCUT2D eigenvalue weighted by Gasteiger charge is 2.44. The molecule has 0 bridgehead atoms. The maximum Gasteiger partial charge on any atom is 0.220 e. The molecule has 7 atom stereocenters. The van der Waals surface area contributed by atoms with Crippen LogP contribution in [0.15, 0.2) is 12.2 Å². The van der Waals surface area contributed by atoms with Crippen molar-refractivity contribution >= 4 is 5.91 Å². The third-order valence-electron chi connectivity index (χ3n) is 15.1. The van der Waals surface area contributed by atoms with Crippen LogP contribution in [0.4, 0.5) is 0 Å². The number of nitrogens with one attached hydrogen (secondary N) is 1. The largest absolute Gasteiger partial charge is 0.394 e. The number of allylic oxidation sites excluding steroid dienone is 1. The van der Waals surface area contributed by atoms with Crippen molar-refractivity contribution in [1.82, 2.24) is 5.32 Å². The van der Waals surface area contributed by atoms with Crippen LogP contribution in [0.1, 0.15) is 316 Å². The molecular formula is C61H119NO8. The molecule has 0 aromatic heterocycles. The molecule has 0 aromatic rings. The summed E-state index contributed by atoms with van der Waals surface area (Å²) in [6.07, 6.45) is 57.3. The van der Waals surface area contributed by atoms with Gasteiger partial charge < -0.3 is 40.3 Å². The van der Waals surface area contributed by atoms with Gasteiger partial charge in [0, 0.05) is 6.42 Å². The maximum atomic E-state index is 13.1. The van der Waals surface area contributed by atoms with Gasteiger partial charge >= 0.3 is 0 Å². The van der Waals surface area contributed by atoms with E-state index < -0.39 is 49.5 Å². The SMILES string of the molecule is CCCCCCCCCCCCCCC/C=C/C(O)C(COC1OC(CO)C(O)C(O)C1O)NC(=O)CCCCCCCCCCCCCCCCCCCCCCCCCCCCCCCCCC. The molecule has 1 saturated heterocycles. The summed E-state index contributed by atoms with van der Waals surface area (Å²) in [6.45, 7) is 3.82. The van der Waals surface area contributed by atoms with Crippen molar-refractivity contribution in [2.75, 3.05) is 13.2 Å². The van der Waals surface area contributed by atoms with Crippen molar-refractivity contribution in [2.45, 2.75) is 358 Å². The number of amides is 1. The van der Waals surface area contributed by atoms with Gasteiger partial charge in [-0.05, 0) is 19.3 Å². The maximum absolute atomic E-state index is 13.1. The van der Waals surface area contributed by atoms with Crippen LogP contribution < -0.4 is 5.32 Å². The van der Waals surface area contributed by atoms with Crippen molar-refractivity contribution in [3.05, 3.63) is 12.2 Å². The fraction of sp³-hybridized carbons (Fsp3) is 0.951. The van der Waals surface area contributed by atoms with Crippen molar-refractivity contribution in [3.8, 4) is 0 Å². The number of carbonyl (C=O) groups excluding carboxylic acids is 1. The van der Waals surface area contributed by atoms with Gasteiger partial charge in [0.05, 0.1) is 25.4 Å². The molecule has 0 aliphatic carbocycles. The number of hydrogen-bond donors (Lipinski definition) is 6. The molecule has 0 saturated carbocycles. The fourth-order valence-electron chi connectivity index (χ4n) is 10.2. The van der Waals surface area contributed by atoms with Crippen LogP contribution in [0.2, 0.25) is 0 Å². The third kappa shape index (κ3) is 40.3. The molecule has 1 aliphatic heterocycles. The van der Waals surface area contributed by atoms with Crippen LogP contribution in [-0.4, -0.2) is 87.5 Å². The Morgan fingerprint density at radius 2 is 0.786 bits per heavy atom. The molecule has 416 valence electrons. The number of carbonyl (C=O) groups is 1. The zero-order valence-corrected chi connectivity index (χ0v) is 46.3. The smallest absolute Gasteiger partial charge is 0.220 e. The Morgan fingerprint density at radius 3 is 1.11 bits per heavy atom. The van der Waals surface area contributed by atoms with Crippen LogP contribution in [0.5, 0.6) is 0 Å². The average Bonchev–Trinajstić information content (AvgIpc) is 3.36. The fourth-order valence-corrected chi connectivity index (χ4v) is 10.2. The van der Waals surface area contributed by atoms with E-state index in [9.17, 15) is 30.3 Å². The van der Waals surface area contributed by atoms with Crippen LogP contribution in [-0.2, 0) is 14.3 Å². The standard InChI is InChI=1S/C61H119NO8/c1-3-5-7-9-11-13-15-17-19-20-21-22-23-24-25-26-27-28-29-30-31-32-33-34-35-37-39-41-43-45-47-49-51-57(65)62-54(53-69-61-60(68)59(67)58(66)56(52-63)70-61)55(64)50-48-46-44-42-40-38-36-18-16-14-12-10-8-6-4-2/h48,50,54-56,58-61,63-64,66-68H,3-47,49,51-53H2,1-2H3,(H,62,65)/b50-48+. The number of aliphatic hydroxyl groups excluding tert-OH is 5. The summed E-state index contributed by atoms with van der Waals surface area (Å²) in [5.74, 6) is -0.170. The summed E-state index contributed by atoms with van der Waals surface area (Å²) < 4.78 is 11.3. The van der Waals surface area contributed by atoms with Crippen LogP contribution in [0, 0.1) is 0 Å². The molecule has 0 radical (unpaired) electrons.